The summed E-state index contributed by atoms with van der Waals surface area (Å²) in [6.07, 6.45) is 2.71. The molecule has 0 bridgehead atoms. The molecule has 2 aromatic rings. The van der Waals surface area contributed by atoms with Crippen molar-refractivity contribution in [3.8, 4) is 0 Å². The Kier molecular flexibility index (Phi) is 3.87. The van der Waals surface area contributed by atoms with Crippen molar-refractivity contribution in [2.75, 3.05) is 11.1 Å². The first-order valence-electron chi connectivity index (χ1n) is 5.88. The molecule has 0 radical (unpaired) electrons. The quantitative estimate of drug-likeness (QED) is 0.899. The maximum atomic E-state index is 5.96. The van der Waals surface area contributed by atoms with E-state index in [9.17, 15) is 0 Å². The van der Waals surface area contributed by atoms with E-state index >= 15 is 0 Å². The van der Waals surface area contributed by atoms with Crippen LogP contribution in [-0.4, -0.2) is 4.98 Å². The summed E-state index contributed by atoms with van der Waals surface area (Å²) in [4.78, 5) is 4.31. The van der Waals surface area contributed by atoms with Gasteiger partial charge in [0.2, 0.25) is 0 Å². The number of halogens is 1. The molecule has 0 unspecified atom stereocenters. The fourth-order valence-electron chi connectivity index (χ4n) is 1.88. The largest absolute Gasteiger partial charge is 0.396 e. The molecule has 1 aromatic carbocycles. The highest BCUT2D eigenvalue weighted by Gasteiger charge is 2.07. The summed E-state index contributed by atoms with van der Waals surface area (Å²) >= 11 is 3.35. The molecular formula is C14H16BrN3. The van der Waals surface area contributed by atoms with Gasteiger partial charge in [0, 0.05) is 16.4 Å². The minimum Gasteiger partial charge on any atom is -0.396 e. The lowest BCUT2D eigenvalue weighted by Gasteiger charge is -2.14. The molecule has 0 atom stereocenters. The van der Waals surface area contributed by atoms with Gasteiger partial charge in [-0.1, -0.05) is 25.1 Å². The highest BCUT2D eigenvalue weighted by atomic mass is 79.9. The summed E-state index contributed by atoms with van der Waals surface area (Å²) in [6, 6.07) is 8.11. The Morgan fingerprint density at radius 1 is 1.39 bits per heavy atom. The van der Waals surface area contributed by atoms with Crippen molar-refractivity contribution in [2.24, 2.45) is 0 Å². The van der Waals surface area contributed by atoms with Gasteiger partial charge in [0.1, 0.15) is 0 Å². The SMILES string of the molecule is CCc1cccc(C)c1Nc1ncc(Br)cc1N. The Hall–Kier alpha value is -1.55. The van der Waals surface area contributed by atoms with E-state index in [1.165, 1.54) is 11.1 Å². The van der Waals surface area contributed by atoms with Crippen molar-refractivity contribution < 1.29 is 0 Å². The standard InChI is InChI=1S/C14H16BrN3/c1-3-10-6-4-5-9(2)13(10)18-14-12(16)7-11(15)8-17-14/h4-8H,3,16H2,1-2H3,(H,17,18). The number of pyridine rings is 1. The van der Waals surface area contributed by atoms with Gasteiger partial charge in [-0.3, -0.25) is 0 Å². The number of hydrogen-bond acceptors (Lipinski definition) is 3. The molecule has 4 heteroatoms. The number of rotatable bonds is 3. The Morgan fingerprint density at radius 3 is 2.83 bits per heavy atom. The van der Waals surface area contributed by atoms with E-state index in [1.807, 2.05) is 6.07 Å². The molecule has 1 aromatic heterocycles. The third-order valence-corrected chi connectivity index (χ3v) is 3.30. The topological polar surface area (TPSA) is 50.9 Å². The first-order chi connectivity index (χ1) is 8.61. The number of aryl methyl sites for hydroxylation is 2. The maximum absolute atomic E-state index is 5.96. The van der Waals surface area contributed by atoms with Gasteiger partial charge in [-0.15, -0.1) is 0 Å². The van der Waals surface area contributed by atoms with Crippen LogP contribution in [0.4, 0.5) is 17.2 Å². The fourth-order valence-corrected chi connectivity index (χ4v) is 2.23. The highest BCUT2D eigenvalue weighted by molar-refractivity contribution is 9.10. The van der Waals surface area contributed by atoms with E-state index in [1.54, 1.807) is 6.20 Å². The second kappa shape index (κ2) is 5.40. The second-order valence-corrected chi connectivity index (χ2v) is 5.09. The maximum Gasteiger partial charge on any atom is 0.153 e. The van der Waals surface area contributed by atoms with Crippen molar-refractivity contribution in [3.05, 3.63) is 46.1 Å². The normalized spacial score (nSPS) is 10.4. The third kappa shape index (κ3) is 2.64. The van der Waals surface area contributed by atoms with Crippen molar-refractivity contribution in [3.63, 3.8) is 0 Å². The Balaban J connectivity index is 2.39. The highest BCUT2D eigenvalue weighted by Crippen LogP contribution is 2.28. The van der Waals surface area contributed by atoms with Crippen LogP contribution < -0.4 is 11.1 Å². The average molecular weight is 306 g/mol. The van der Waals surface area contributed by atoms with E-state index in [0.29, 0.717) is 11.5 Å². The van der Waals surface area contributed by atoms with Crippen LogP contribution in [0.25, 0.3) is 0 Å². The second-order valence-electron chi connectivity index (χ2n) is 4.18. The van der Waals surface area contributed by atoms with Crippen molar-refractivity contribution >= 4 is 33.1 Å². The zero-order valence-electron chi connectivity index (χ0n) is 10.5. The van der Waals surface area contributed by atoms with E-state index < -0.39 is 0 Å². The molecular weight excluding hydrogens is 290 g/mol. The van der Waals surface area contributed by atoms with E-state index in [2.05, 4.69) is 58.3 Å². The van der Waals surface area contributed by atoms with Crippen LogP contribution in [0.5, 0.6) is 0 Å². The van der Waals surface area contributed by atoms with Crippen LogP contribution in [-0.2, 0) is 6.42 Å². The monoisotopic (exact) mass is 305 g/mol. The smallest absolute Gasteiger partial charge is 0.153 e. The lowest BCUT2D eigenvalue weighted by atomic mass is 10.1. The molecule has 1 heterocycles. The number of hydrogen-bond donors (Lipinski definition) is 2. The van der Waals surface area contributed by atoms with Crippen LogP contribution in [0.3, 0.4) is 0 Å². The number of aromatic nitrogens is 1. The van der Waals surface area contributed by atoms with Crippen molar-refractivity contribution in [2.45, 2.75) is 20.3 Å². The zero-order chi connectivity index (χ0) is 13.1. The molecule has 0 amide bonds. The molecule has 3 N–H and O–H groups in total. The minimum atomic E-state index is 0.634. The number of para-hydroxylation sites is 1. The first-order valence-corrected chi connectivity index (χ1v) is 6.67. The molecule has 0 aliphatic heterocycles. The molecule has 2 rings (SSSR count). The Labute approximate surface area is 116 Å². The van der Waals surface area contributed by atoms with Crippen molar-refractivity contribution in [1.82, 2.24) is 4.98 Å². The van der Waals surface area contributed by atoms with E-state index in [0.717, 1.165) is 16.6 Å². The van der Waals surface area contributed by atoms with Gasteiger partial charge in [-0.05, 0) is 46.5 Å². The number of nitrogens with zero attached hydrogens (tertiary/aromatic N) is 1. The third-order valence-electron chi connectivity index (χ3n) is 2.87. The van der Waals surface area contributed by atoms with Crippen LogP contribution in [0.15, 0.2) is 34.9 Å². The lowest BCUT2D eigenvalue weighted by Crippen LogP contribution is -2.02. The van der Waals surface area contributed by atoms with Gasteiger partial charge in [0.15, 0.2) is 5.82 Å². The van der Waals surface area contributed by atoms with Crippen molar-refractivity contribution in [1.29, 1.82) is 0 Å². The Bertz CT molecular complexity index is 567. The summed E-state index contributed by atoms with van der Waals surface area (Å²) in [7, 11) is 0. The molecule has 0 saturated heterocycles. The number of nitrogens with one attached hydrogen (secondary N) is 1. The molecule has 18 heavy (non-hydrogen) atoms. The predicted octanol–water partition coefficient (Wildman–Crippen LogP) is 4.04. The van der Waals surface area contributed by atoms with Gasteiger partial charge in [-0.2, -0.15) is 0 Å². The van der Waals surface area contributed by atoms with Gasteiger partial charge in [0.25, 0.3) is 0 Å². The van der Waals surface area contributed by atoms with Gasteiger partial charge >= 0.3 is 0 Å². The van der Waals surface area contributed by atoms with Gasteiger partial charge in [-0.25, -0.2) is 4.98 Å². The molecule has 0 spiro atoms. The number of nitrogen functional groups attached to an aromatic ring is 1. The molecule has 0 aliphatic carbocycles. The summed E-state index contributed by atoms with van der Waals surface area (Å²) < 4.78 is 0.881. The van der Waals surface area contributed by atoms with Crippen LogP contribution >= 0.6 is 15.9 Å². The minimum absolute atomic E-state index is 0.634. The summed E-state index contributed by atoms with van der Waals surface area (Å²) in [5, 5.41) is 3.33. The van der Waals surface area contributed by atoms with Gasteiger partial charge < -0.3 is 11.1 Å². The first kappa shape index (κ1) is 12.9. The lowest BCUT2D eigenvalue weighted by molar-refractivity contribution is 1.13. The van der Waals surface area contributed by atoms with Crippen LogP contribution in [0.2, 0.25) is 0 Å². The number of anilines is 3. The van der Waals surface area contributed by atoms with Crippen LogP contribution in [0.1, 0.15) is 18.1 Å². The number of nitrogens with two attached hydrogens (primary N) is 1. The molecule has 0 aliphatic rings. The van der Waals surface area contributed by atoms with E-state index in [4.69, 9.17) is 5.73 Å². The molecule has 0 saturated carbocycles. The summed E-state index contributed by atoms with van der Waals surface area (Å²) in [5.74, 6) is 0.696. The molecule has 3 nitrogen and oxygen atoms in total. The molecule has 0 fully saturated rings. The zero-order valence-corrected chi connectivity index (χ0v) is 12.1. The average Bonchev–Trinajstić information content (AvgIpc) is 2.34. The van der Waals surface area contributed by atoms with E-state index in [-0.39, 0.29) is 0 Å². The molecule has 94 valence electrons. The Morgan fingerprint density at radius 2 is 2.17 bits per heavy atom. The van der Waals surface area contributed by atoms with Crippen LogP contribution in [0, 0.1) is 6.92 Å². The predicted molar refractivity (Wildman–Crippen MR) is 80.2 cm³/mol. The number of benzene rings is 1. The summed E-state index contributed by atoms with van der Waals surface area (Å²) in [6.45, 7) is 4.22. The fraction of sp³-hybridized carbons (Fsp3) is 0.214. The van der Waals surface area contributed by atoms with Gasteiger partial charge in [0.05, 0.1) is 5.69 Å². The summed E-state index contributed by atoms with van der Waals surface area (Å²) in [5.41, 5.74) is 10.1.